The fourth-order valence-electron chi connectivity index (χ4n) is 6.92. The number of rotatable bonds is 9. The van der Waals surface area contributed by atoms with Crippen LogP contribution in [0.15, 0.2) is 60.9 Å². The van der Waals surface area contributed by atoms with Crippen molar-refractivity contribution in [1.82, 2.24) is 44.4 Å². The molecule has 0 saturated carbocycles. The summed E-state index contributed by atoms with van der Waals surface area (Å²) >= 11 is 0. The van der Waals surface area contributed by atoms with E-state index in [0.29, 0.717) is 17.7 Å². The number of anilines is 2. The third-order valence-electron chi connectivity index (χ3n) is 9.78. The molecule has 1 aromatic carbocycles. The number of hydrogen-bond donors (Lipinski definition) is 2. The van der Waals surface area contributed by atoms with Gasteiger partial charge in [-0.05, 0) is 76.4 Å². The highest BCUT2D eigenvalue weighted by Gasteiger charge is 2.31. The van der Waals surface area contributed by atoms with E-state index in [0.717, 1.165) is 79.5 Å². The van der Waals surface area contributed by atoms with Crippen molar-refractivity contribution in [2.45, 2.75) is 89.9 Å². The Kier molecular flexibility index (Phi) is 9.25. The Labute approximate surface area is 293 Å². The predicted molar refractivity (Wildman–Crippen MR) is 194 cm³/mol. The van der Waals surface area contributed by atoms with Gasteiger partial charge in [0.15, 0.2) is 11.5 Å². The summed E-state index contributed by atoms with van der Waals surface area (Å²) in [6, 6.07) is 16.0. The first-order chi connectivity index (χ1) is 24.0. The Morgan fingerprint density at radius 3 is 2.60 bits per heavy atom. The van der Waals surface area contributed by atoms with Crippen LogP contribution in [0.3, 0.4) is 0 Å². The van der Waals surface area contributed by atoms with Crippen LogP contribution in [0.1, 0.15) is 88.8 Å². The van der Waals surface area contributed by atoms with Gasteiger partial charge in [-0.1, -0.05) is 45.0 Å². The standard InChI is InChI=1S/C37H49N11O2/c1-25-11-9-10-19-46(25)36-41-40-32-17-14-26(24-47(32)36)50-30-16-15-29(27-12-7-8-13-28(27)30)38-35(49)39-34-23-31(37(2,3)4)42-48(34)33-18-20-45(43-33)22-21-44(5)6/h7-8,12-14,17-18,20,23-25,29-30H,9-11,15-16,19,21-22H2,1-6H3,(H2,38,39,49)/t25-,29-,30+/m0/s1. The molecule has 1 aliphatic carbocycles. The van der Waals surface area contributed by atoms with Gasteiger partial charge >= 0.3 is 6.03 Å². The van der Waals surface area contributed by atoms with Crippen molar-refractivity contribution in [2.75, 3.05) is 37.4 Å². The van der Waals surface area contributed by atoms with Crippen molar-refractivity contribution in [3.05, 3.63) is 77.7 Å². The fourth-order valence-corrected chi connectivity index (χ4v) is 6.92. The molecule has 13 heteroatoms. The number of pyridine rings is 1. The number of amides is 2. The van der Waals surface area contributed by atoms with E-state index in [1.165, 1.54) is 6.42 Å². The Bertz CT molecular complexity index is 1950. The maximum absolute atomic E-state index is 13.6. The average molecular weight is 680 g/mol. The summed E-state index contributed by atoms with van der Waals surface area (Å²) in [5.74, 6) is 2.85. The second kappa shape index (κ2) is 13.8. The largest absolute Gasteiger partial charge is 0.484 e. The zero-order chi connectivity index (χ0) is 35.0. The van der Waals surface area contributed by atoms with Gasteiger partial charge in [-0.2, -0.15) is 14.9 Å². The minimum Gasteiger partial charge on any atom is -0.484 e. The zero-order valence-corrected chi connectivity index (χ0v) is 30.0. The molecule has 0 unspecified atom stereocenters. The quantitative estimate of drug-likeness (QED) is 0.191. The number of fused-ring (bicyclic) bond motifs is 2. The molecule has 2 N–H and O–H groups in total. The number of urea groups is 1. The monoisotopic (exact) mass is 679 g/mol. The summed E-state index contributed by atoms with van der Waals surface area (Å²) in [7, 11) is 4.08. The molecule has 3 atom stereocenters. The molecule has 5 heterocycles. The van der Waals surface area contributed by atoms with E-state index in [2.05, 4.69) is 70.5 Å². The second-order valence-electron chi connectivity index (χ2n) is 14.9. The Morgan fingerprint density at radius 1 is 1.00 bits per heavy atom. The maximum Gasteiger partial charge on any atom is 0.320 e. The molecule has 0 spiro atoms. The first-order valence-electron chi connectivity index (χ1n) is 17.8. The molecular formula is C37H49N11O2. The molecule has 4 aromatic heterocycles. The van der Waals surface area contributed by atoms with E-state index in [1.54, 1.807) is 4.68 Å². The number of nitrogens with zero attached hydrogens (tertiary/aromatic N) is 9. The number of aromatic nitrogens is 7. The van der Waals surface area contributed by atoms with Crippen LogP contribution in [-0.4, -0.2) is 78.3 Å². The van der Waals surface area contributed by atoms with Gasteiger partial charge in [0, 0.05) is 42.9 Å². The summed E-state index contributed by atoms with van der Waals surface area (Å²) in [6.45, 7) is 11.2. The van der Waals surface area contributed by atoms with Crippen LogP contribution in [0.4, 0.5) is 16.6 Å². The summed E-state index contributed by atoms with van der Waals surface area (Å²) in [4.78, 5) is 18.1. The van der Waals surface area contributed by atoms with Crippen molar-refractivity contribution < 1.29 is 9.53 Å². The van der Waals surface area contributed by atoms with E-state index in [-0.39, 0.29) is 23.6 Å². The van der Waals surface area contributed by atoms with Crippen molar-refractivity contribution in [3.63, 3.8) is 0 Å². The molecule has 2 amide bonds. The van der Waals surface area contributed by atoms with Gasteiger partial charge in [0.1, 0.15) is 17.7 Å². The number of nitrogens with one attached hydrogen (secondary N) is 2. The van der Waals surface area contributed by atoms with Crippen LogP contribution in [0.2, 0.25) is 0 Å². The molecule has 7 rings (SSSR count). The van der Waals surface area contributed by atoms with E-state index < -0.39 is 0 Å². The number of likely N-dealkylation sites (N-methyl/N-ethyl adjacent to an activating group) is 1. The third-order valence-corrected chi connectivity index (χ3v) is 9.78. The molecule has 0 bridgehead atoms. The van der Waals surface area contributed by atoms with Gasteiger partial charge < -0.3 is 19.9 Å². The molecule has 1 saturated heterocycles. The summed E-state index contributed by atoms with van der Waals surface area (Å²) in [6.07, 6.45) is 8.82. The lowest BCUT2D eigenvalue weighted by atomic mass is 9.85. The van der Waals surface area contributed by atoms with Gasteiger partial charge in [0.25, 0.3) is 0 Å². The minimum absolute atomic E-state index is 0.156. The highest BCUT2D eigenvalue weighted by Crippen LogP contribution is 2.39. The molecule has 2 aliphatic rings. The van der Waals surface area contributed by atoms with Crippen LogP contribution in [-0.2, 0) is 12.0 Å². The van der Waals surface area contributed by atoms with Gasteiger partial charge in [0.05, 0.1) is 24.5 Å². The van der Waals surface area contributed by atoms with E-state index in [1.807, 2.05) is 72.0 Å². The Hall–Kier alpha value is -4.91. The van der Waals surface area contributed by atoms with E-state index in [9.17, 15) is 4.79 Å². The molecule has 13 nitrogen and oxygen atoms in total. The Balaban J connectivity index is 1.07. The fraction of sp³-hybridized carbons (Fsp3) is 0.486. The van der Waals surface area contributed by atoms with Crippen molar-refractivity contribution in [3.8, 4) is 11.6 Å². The lowest BCUT2D eigenvalue weighted by Crippen LogP contribution is -2.38. The SMILES string of the molecule is C[C@H]1CCCCN1c1nnc2ccc(O[C@@H]3CC[C@H](NC(=O)Nc4cc(C(C)(C)C)nn4-c4ccn(CCN(C)C)n4)c4ccccc43)cn12. The first-order valence-corrected chi connectivity index (χ1v) is 17.8. The summed E-state index contributed by atoms with van der Waals surface area (Å²) in [5, 5.41) is 24.9. The van der Waals surface area contributed by atoms with Gasteiger partial charge in [0.2, 0.25) is 5.95 Å². The number of piperidine rings is 1. The minimum atomic E-state index is -0.296. The maximum atomic E-state index is 13.6. The van der Waals surface area contributed by atoms with Crippen molar-refractivity contribution >= 4 is 23.4 Å². The number of hydrogen-bond acceptors (Lipinski definition) is 8. The van der Waals surface area contributed by atoms with Gasteiger partial charge in [-0.15, -0.1) is 10.2 Å². The number of benzene rings is 1. The van der Waals surface area contributed by atoms with E-state index in [4.69, 9.17) is 14.9 Å². The van der Waals surface area contributed by atoms with E-state index >= 15 is 0 Å². The lowest BCUT2D eigenvalue weighted by molar-refractivity contribution is 0.171. The van der Waals surface area contributed by atoms with Crippen LogP contribution in [0, 0.1) is 0 Å². The second-order valence-corrected chi connectivity index (χ2v) is 14.9. The topological polar surface area (TPSA) is 123 Å². The van der Waals surface area contributed by atoms with Gasteiger partial charge in [-0.3, -0.25) is 14.4 Å². The first kappa shape index (κ1) is 33.6. The smallest absolute Gasteiger partial charge is 0.320 e. The van der Waals surface area contributed by atoms with Crippen LogP contribution >= 0.6 is 0 Å². The molecule has 5 aromatic rings. The van der Waals surface area contributed by atoms with Gasteiger partial charge in [-0.25, -0.2) is 4.79 Å². The summed E-state index contributed by atoms with van der Waals surface area (Å²) in [5.41, 5.74) is 3.57. The highest BCUT2D eigenvalue weighted by atomic mass is 16.5. The Morgan fingerprint density at radius 2 is 1.82 bits per heavy atom. The highest BCUT2D eigenvalue weighted by molar-refractivity contribution is 5.89. The predicted octanol–water partition coefficient (Wildman–Crippen LogP) is 6.13. The number of ether oxygens (including phenoxy) is 1. The average Bonchev–Trinajstić information content (AvgIpc) is 3.84. The molecule has 1 aliphatic heterocycles. The molecule has 0 radical (unpaired) electrons. The molecule has 1 fully saturated rings. The lowest BCUT2D eigenvalue weighted by Gasteiger charge is -2.33. The number of carbonyl (C=O) groups is 1. The van der Waals surface area contributed by atoms with Crippen molar-refractivity contribution in [1.29, 1.82) is 0 Å². The number of carbonyl (C=O) groups excluding carboxylic acids is 1. The van der Waals surface area contributed by atoms with Crippen LogP contribution in [0.25, 0.3) is 11.5 Å². The van der Waals surface area contributed by atoms with Crippen molar-refractivity contribution in [2.24, 2.45) is 0 Å². The van der Waals surface area contributed by atoms with Crippen LogP contribution in [0.5, 0.6) is 5.75 Å². The zero-order valence-electron chi connectivity index (χ0n) is 30.0. The molecule has 264 valence electrons. The third kappa shape index (κ3) is 7.05. The summed E-state index contributed by atoms with van der Waals surface area (Å²) < 4.78 is 12.3. The van der Waals surface area contributed by atoms with Crippen LogP contribution < -0.4 is 20.3 Å². The molecular weight excluding hydrogens is 630 g/mol. The normalized spacial score (nSPS) is 19.5. The molecule has 50 heavy (non-hydrogen) atoms.